The summed E-state index contributed by atoms with van der Waals surface area (Å²) >= 11 is 0. The molecule has 0 spiro atoms. The Kier molecular flexibility index (Phi) is 5.33. The molecule has 1 amide bonds. The Morgan fingerprint density at radius 1 is 1.26 bits per heavy atom. The molecule has 4 rings (SSSR count). The van der Waals surface area contributed by atoms with Crippen molar-refractivity contribution in [3.63, 3.8) is 0 Å². The number of amides is 1. The van der Waals surface area contributed by atoms with Crippen LogP contribution in [0.25, 0.3) is 0 Å². The lowest BCUT2D eigenvalue weighted by Gasteiger charge is -2.18. The van der Waals surface area contributed by atoms with E-state index in [0.29, 0.717) is 25.6 Å². The number of nitrogens with one attached hydrogen (secondary N) is 1. The number of nitrogens with zero attached hydrogens (tertiary/aromatic N) is 3. The van der Waals surface area contributed by atoms with Crippen LogP contribution in [0.15, 0.2) is 36.5 Å². The van der Waals surface area contributed by atoms with Crippen molar-refractivity contribution in [2.24, 2.45) is 0 Å². The van der Waals surface area contributed by atoms with E-state index in [4.69, 9.17) is 18.9 Å². The Labute approximate surface area is 156 Å². The number of hydrogen-bond donors (Lipinski definition) is 1. The lowest BCUT2D eigenvalue weighted by molar-refractivity contribution is -0.124. The van der Waals surface area contributed by atoms with E-state index in [1.807, 2.05) is 36.5 Å². The number of carbonyl (C=O) groups excluding carboxylic acids is 1. The topological polar surface area (TPSA) is 96.7 Å². The van der Waals surface area contributed by atoms with E-state index in [0.717, 1.165) is 5.69 Å². The zero-order chi connectivity index (χ0) is 18.6. The minimum absolute atomic E-state index is 0.0508. The van der Waals surface area contributed by atoms with Crippen molar-refractivity contribution in [2.45, 2.75) is 30.9 Å². The summed E-state index contributed by atoms with van der Waals surface area (Å²) < 4.78 is 24.1. The highest BCUT2D eigenvalue weighted by atomic mass is 16.6. The maximum atomic E-state index is 12.2. The van der Waals surface area contributed by atoms with Crippen LogP contribution in [-0.4, -0.2) is 66.1 Å². The molecule has 27 heavy (non-hydrogen) atoms. The molecule has 3 heterocycles. The lowest BCUT2D eigenvalue weighted by atomic mass is 10.1. The van der Waals surface area contributed by atoms with E-state index < -0.39 is 0 Å². The minimum atomic E-state index is -0.217. The second kappa shape index (κ2) is 8.03. The SMILES string of the molecule is COCc1cn([C@H]2CO[C@H]3[C@@H]2OC[C@@H]3NC(=O)COc2ccccc2)nn1. The molecule has 9 nitrogen and oxygen atoms in total. The summed E-state index contributed by atoms with van der Waals surface area (Å²) in [5, 5.41) is 11.2. The van der Waals surface area contributed by atoms with Gasteiger partial charge in [-0.3, -0.25) is 4.79 Å². The average molecular weight is 374 g/mol. The first kappa shape index (κ1) is 17.9. The van der Waals surface area contributed by atoms with E-state index >= 15 is 0 Å². The fourth-order valence-corrected chi connectivity index (χ4v) is 3.43. The number of benzene rings is 1. The predicted octanol–water partition coefficient (Wildman–Crippen LogP) is 0.327. The Bertz CT molecular complexity index is 768. The van der Waals surface area contributed by atoms with Crippen LogP contribution in [0.2, 0.25) is 0 Å². The molecule has 2 aromatic rings. The van der Waals surface area contributed by atoms with Gasteiger partial charge in [0.2, 0.25) is 0 Å². The summed E-state index contributed by atoms with van der Waals surface area (Å²) in [5.41, 5.74) is 0.752. The largest absolute Gasteiger partial charge is 0.484 e. The smallest absolute Gasteiger partial charge is 0.258 e. The molecule has 0 saturated carbocycles. The average Bonchev–Trinajstić information content (AvgIpc) is 3.39. The number of para-hydroxylation sites is 1. The Morgan fingerprint density at radius 2 is 2.07 bits per heavy atom. The van der Waals surface area contributed by atoms with Crippen LogP contribution in [0.4, 0.5) is 0 Å². The van der Waals surface area contributed by atoms with E-state index in [-0.39, 0.29) is 36.8 Å². The van der Waals surface area contributed by atoms with Crippen molar-refractivity contribution >= 4 is 5.91 Å². The number of hydrogen-bond acceptors (Lipinski definition) is 7. The summed E-state index contributed by atoms with van der Waals surface area (Å²) in [6.45, 7) is 1.20. The molecule has 0 unspecified atom stereocenters. The molecule has 4 atom stereocenters. The van der Waals surface area contributed by atoms with E-state index in [1.165, 1.54) is 0 Å². The van der Waals surface area contributed by atoms with Gasteiger partial charge in [-0.25, -0.2) is 4.68 Å². The second-order valence-electron chi connectivity index (χ2n) is 6.56. The standard InChI is InChI=1S/C18H22N4O5/c1-24-8-12-7-22(21-20-12)15-10-27-17-14(9-26-18(15)17)19-16(23)11-25-13-5-3-2-4-6-13/h2-7,14-15,17-18H,8-11H2,1H3,(H,19,23)/t14-,15-,17+,18+/m0/s1. The van der Waals surface area contributed by atoms with Gasteiger partial charge >= 0.3 is 0 Å². The normalized spacial score (nSPS) is 26.7. The van der Waals surface area contributed by atoms with Gasteiger partial charge in [0.1, 0.15) is 29.7 Å². The van der Waals surface area contributed by atoms with Crippen LogP contribution in [0, 0.1) is 0 Å². The van der Waals surface area contributed by atoms with Crippen LogP contribution < -0.4 is 10.1 Å². The van der Waals surface area contributed by atoms with E-state index in [1.54, 1.807) is 11.8 Å². The third-order valence-corrected chi connectivity index (χ3v) is 4.68. The molecule has 0 radical (unpaired) electrons. The number of ether oxygens (including phenoxy) is 4. The molecule has 0 aliphatic carbocycles. The maximum absolute atomic E-state index is 12.2. The maximum Gasteiger partial charge on any atom is 0.258 e. The Hall–Kier alpha value is -2.49. The fraction of sp³-hybridized carbons (Fsp3) is 0.500. The molecule has 144 valence electrons. The van der Waals surface area contributed by atoms with Crippen molar-refractivity contribution in [2.75, 3.05) is 26.9 Å². The third kappa shape index (κ3) is 3.95. The van der Waals surface area contributed by atoms with Gasteiger partial charge in [-0.1, -0.05) is 23.4 Å². The fourth-order valence-electron chi connectivity index (χ4n) is 3.43. The molecule has 2 fully saturated rings. The first-order chi connectivity index (χ1) is 13.2. The highest BCUT2D eigenvalue weighted by Crippen LogP contribution is 2.33. The zero-order valence-corrected chi connectivity index (χ0v) is 15.0. The summed E-state index contributed by atoms with van der Waals surface area (Å²) in [5.74, 6) is 0.451. The van der Waals surface area contributed by atoms with Gasteiger partial charge in [-0.15, -0.1) is 5.10 Å². The number of methoxy groups -OCH3 is 1. The molecule has 2 saturated heterocycles. The van der Waals surface area contributed by atoms with E-state index in [9.17, 15) is 4.79 Å². The van der Waals surface area contributed by atoms with Crippen LogP contribution in [-0.2, 0) is 25.6 Å². The summed E-state index contributed by atoms with van der Waals surface area (Å²) in [6.07, 6.45) is 1.44. The quantitative estimate of drug-likeness (QED) is 0.746. The van der Waals surface area contributed by atoms with Crippen molar-refractivity contribution in [1.29, 1.82) is 0 Å². The molecule has 1 aromatic heterocycles. The Morgan fingerprint density at radius 3 is 2.89 bits per heavy atom. The summed E-state index contributed by atoms with van der Waals surface area (Å²) in [6, 6.07) is 8.94. The third-order valence-electron chi connectivity index (χ3n) is 4.68. The van der Waals surface area contributed by atoms with Gasteiger partial charge in [0.05, 0.1) is 32.1 Å². The van der Waals surface area contributed by atoms with Gasteiger partial charge in [0.25, 0.3) is 5.91 Å². The monoisotopic (exact) mass is 374 g/mol. The van der Waals surface area contributed by atoms with Crippen molar-refractivity contribution in [3.05, 3.63) is 42.2 Å². The molecule has 0 bridgehead atoms. The number of carbonyl (C=O) groups is 1. The zero-order valence-electron chi connectivity index (χ0n) is 15.0. The summed E-state index contributed by atoms with van der Waals surface area (Å²) in [7, 11) is 1.61. The van der Waals surface area contributed by atoms with Crippen LogP contribution >= 0.6 is 0 Å². The molecule has 2 aliphatic heterocycles. The van der Waals surface area contributed by atoms with Crippen molar-refractivity contribution < 1.29 is 23.7 Å². The van der Waals surface area contributed by atoms with Crippen LogP contribution in [0.3, 0.4) is 0 Å². The molecular formula is C18H22N4O5. The van der Waals surface area contributed by atoms with Gasteiger partial charge in [0, 0.05) is 7.11 Å². The first-order valence-corrected chi connectivity index (χ1v) is 8.84. The Balaban J connectivity index is 1.31. The number of fused-ring (bicyclic) bond motifs is 1. The molecule has 2 aliphatic rings. The second-order valence-corrected chi connectivity index (χ2v) is 6.56. The number of aromatic nitrogens is 3. The van der Waals surface area contributed by atoms with Gasteiger partial charge < -0.3 is 24.3 Å². The molecular weight excluding hydrogens is 352 g/mol. The minimum Gasteiger partial charge on any atom is -0.484 e. The summed E-state index contributed by atoms with van der Waals surface area (Å²) in [4.78, 5) is 12.2. The predicted molar refractivity (Wildman–Crippen MR) is 93.1 cm³/mol. The van der Waals surface area contributed by atoms with Crippen LogP contribution in [0.1, 0.15) is 11.7 Å². The van der Waals surface area contributed by atoms with Gasteiger partial charge in [-0.2, -0.15) is 0 Å². The van der Waals surface area contributed by atoms with Crippen molar-refractivity contribution in [1.82, 2.24) is 20.3 Å². The molecule has 1 aromatic carbocycles. The van der Waals surface area contributed by atoms with Crippen molar-refractivity contribution in [3.8, 4) is 5.75 Å². The first-order valence-electron chi connectivity index (χ1n) is 8.84. The highest BCUT2D eigenvalue weighted by molar-refractivity contribution is 5.78. The van der Waals surface area contributed by atoms with Crippen LogP contribution in [0.5, 0.6) is 5.75 Å². The van der Waals surface area contributed by atoms with E-state index in [2.05, 4.69) is 15.6 Å². The van der Waals surface area contributed by atoms with Gasteiger partial charge in [0.15, 0.2) is 6.61 Å². The van der Waals surface area contributed by atoms with Gasteiger partial charge in [-0.05, 0) is 12.1 Å². The highest BCUT2D eigenvalue weighted by Gasteiger charge is 2.49. The molecule has 9 heteroatoms. The molecule has 1 N–H and O–H groups in total. The number of rotatable bonds is 7. The lowest BCUT2D eigenvalue weighted by Crippen LogP contribution is -2.45.